The van der Waals surface area contributed by atoms with E-state index in [-0.39, 0.29) is 5.76 Å². The molecule has 2 aromatic heterocycles. The molecule has 0 saturated heterocycles. The molecule has 0 bridgehead atoms. The second-order valence-corrected chi connectivity index (χ2v) is 5.65. The monoisotopic (exact) mass is 329 g/mol. The Bertz CT molecular complexity index is 870. The van der Waals surface area contributed by atoms with Crippen LogP contribution >= 0.6 is 11.3 Å². The summed E-state index contributed by atoms with van der Waals surface area (Å²) in [5.74, 6) is -1.19. The van der Waals surface area contributed by atoms with Crippen molar-refractivity contribution in [2.75, 3.05) is 5.32 Å². The van der Waals surface area contributed by atoms with Gasteiger partial charge in [0.1, 0.15) is 4.92 Å². The minimum Gasteiger partial charge on any atom is -0.395 e. The average Bonchev–Trinajstić information content (AvgIpc) is 3.15. The minimum atomic E-state index is -0.697. The van der Waals surface area contributed by atoms with Gasteiger partial charge in [0, 0.05) is 0 Å². The van der Waals surface area contributed by atoms with E-state index >= 15 is 0 Å². The van der Waals surface area contributed by atoms with Crippen LogP contribution in [0.4, 0.5) is 11.0 Å². The number of hydrogen-bond acceptors (Lipinski definition) is 6. The Morgan fingerprint density at radius 2 is 2.00 bits per heavy atom. The lowest BCUT2D eigenvalue weighted by Gasteiger charge is -1.97. The fourth-order valence-electron chi connectivity index (χ4n) is 2.01. The molecule has 116 valence electrons. The molecule has 0 radical (unpaired) electrons. The molecule has 0 saturated carbocycles. The first kappa shape index (κ1) is 14.9. The highest BCUT2D eigenvalue weighted by atomic mass is 32.1. The fraction of sp³-hybridized carbons (Fsp3) is 0.0667. The molecule has 0 aliphatic heterocycles. The van der Waals surface area contributed by atoms with Gasteiger partial charge < -0.3 is 4.42 Å². The predicted molar refractivity (Wildman–Crippen MR) is 85.6 cm³/mol. The van der Waals surface area contributed by atoms with Crippen LogP contribution < -0.4 is 5.32 Å². The maximum atomic E-state index is 12.0. The number of furan rings is 1. The lowest BCUT2D eigenvalue weighted by molar-refractivity contribution is -0.402. The largest absolute Gasteiger partial charge is 0.433 e. The van der Waals surface area contributed by atoms with Crippen LogP contribution in [0.25, 0.3) is 10.4 Å². The first-order chi connectivity index (χ1) is 11.0. The molecule has 2 heterocycles. The molecule has 0 fully saturated rings. The van der Waals surface area contributed by atoms with Gasteiger partial charge in [-0.1, -0.05) is 41.7 Å². The van der Waals surface area contributed by atoms with Crippen molar-refractivity contribution in [1.82, 2.24) is 4.98 Å². The van der Waals surface area contributed by atoms with Gasteiger partial charge in [-0.25, -0.2) is 4.98 Å². The van der Waals surface area contributed by atoms with Crippen LogP contribution in [0.3, 0.4) is 0 Å². The van der Waals surface area contributed by atoms with E-state index in [2.05, 4.69) is 10.3 Å². The van der Waals surface area contributed by atoms with Crippen LogP contribution in [0, 0.1) is 17.0 Å². The molecule has 1 aromatic carbocycles. The van der Waals surface area contributed by atoms with Gasteiger partial charge in [-0.2, -0.15) is 0 Å². The molecule has 3 aromatic rings. The van der Waals surface area contributed by atoms with Gasteiger partial charge in [0.2, 0.25) is 0 Å². The Kier molecular flexibility index (Phi) is 3.90. The van der Waals surface area contributed by atoms with Crippen molar-refractivity contribution in [3.63, 3.8) is 0 Å². The molecule has 3 rings (SSSR count). The molecular weight excluding hydrogens is 318 g/mol. The first-order valence-corrected chi connectivity index (χ1v) is 7.44. The number of hydrogen-bond donors (Lipinski definition) is 1. The Hall–Kier alpha value is -3.00. The van der Waals surface area contributed by atoms with Gasteiger partial charge in [-0.3, -0.25) is 20.2 Å². The zero-order chi connectivity index (χ0) is 16.4. The van der Waals surface area contributed by atoms with E-state index < -0.39 is 16.7 Å². The number of rotatable bonds is 4. The lowest BCUT2D eigenvalue weighted by Crippen LogP contribution is -2.10. The van der Waals surface area contributed by atoms with E-state index in [4.69, 9.17) is 4.42 Å². The van der Waals surface area contributed by atoms with Crippen molar-refractivity contribution >= 4 is 28.3 Å². The summed E-state index contributed by atoms with van der Waals surface area (Å²) in [5, 5.41) is 13.6. The van der Waals surface area contributed by atoms with Crippen LogP contribution in [0.1, 0.15) is 16.2 Å². The second-order valence-electron chi connectivity index (χ2n) is 4.65. The van der Waals surface area contributed by atoms with Crippen molar-refractivity contribution in [3.8, 4) is 10.4 Å². The molecule has 7 nitrogen and oxygen atoms in total. The van der Waals surface area contributed by atoms with E-state index in [9.17, 15) is 14.9 Å². The Balaban J connectivity index is 1.80. The Morgan fingerprint density at radius 1 is 1.26 bits per heavy atom. The van der Waals surface area contributed by atoms with Crippen molar-refractivity contribution in [2.45, 2.75) is 6.92 Å². The number of nitro groups is 1. The number of nitrogens with zero attached hydrogens (tertiary/aromatic N) is 2. The van der Waals surface area contributed by atoms with Crippen LogP contribution in [-0.2, 0) is 0 Å². The molecule has 0 aliphatic rings. The number of carbonyl (C=O) groups is 1. The number of aromatic nitrogens is 1. The topological polar surface area (TPSA) is 98.3 Å². The van der Waals surface area contributed by atoms with Crippen LogP contribution in [0.2, 0.25) is 0 Å². The van der Waals surface area contributed by atoms with E-state index in [1.807, 2.05) is 37.3 Å². The summed E-state index contributed by atoms with van der Waals surface area (Å²) in [6.07, 6.45) is 0. The number of thiazole rings is 1. The van der Waals surface area contributed by atoms with Crippen molar-refractivity contribution < 1.29 is 14.1 Å². The van der Waals surface area contributed by atoms with E-state index in [1.54, 1.807) is 0 Å². The summed E-state index contributed by atoms with van der Waals surface area (Å²) >= 11 is 1.33. The maximum absolute atomic E-state index is 12.0. The zero-order valence-corrected chi connectivity index (χ0v) is 12.8. The molecule has 8 heteroatoms. The number of anilines is 1. The van der Waals surface area contributed by atoms with Gasteiger partial charge in [0.25, 0.3) is 5.91 Å². The molecule has 0 aliphatic carbocycles. The number of carbonyl (C=O) groups excluding carboxylic acids is 1. The normalized spacial score (nSPS) is 10.5. The molecule has 1 amide bonds. The molecule has 0 unspecified atom stereocenters. The highest BCUT2D eigenvalue weighted by molar-refractivity contribution is 7.19. The SMILES string of the molecule is Cc1nc(NC(=O)c2ccc([N+](=O)[O-])o2)sc1-c1ccccc1. The van der Waals surface area contributed by atoms with Gasteiger partial charge in [0.15, 0.2) is 10.9 Å². The smallest absolute Gasteiger partial charge is 0.395 e. The highest BCUT2D eigenvalue weighted by Gasteiger charge is 2.19. The van der Waals surface area contributed by atoms with E-state index in [0.717, 1.165) is 22.2 Å². The second kappa shape index (κ2) is 6.01. The van der Waals surface area contributed by atoms with Gasteiger partial charge in [-0.05, 0) is 18.6 Å². The van der Waals surface area contributed by atoms with Crippen molar-refractivity contribution in [2.24, 2.45) is 0 Å². The highest BCUT2D eigenvalue weighted by Crippen LogP contribution is 2.32. The third kappa shape index (κ3) is 3.11. The van der Waals surface area contributed by atoms with Crippen molar-refractivity contribution in [1.29, 1.82) is 0 Å². The summed E-state index contributed by atoms with van der Waals surface area (Å²) in [7, 11) is 0. The summed E-state index contributed by atoms with van der Waals surface area (Å²) in [4.78, 5) is 27.2. The molecule has 23 heavy (non-hydrogen) atoms. The van der Waals surface area contributed by atoms with E-state index in [0.29, 0.717) is 5.13 Å². The molecule has 0 spiro atoms. The standard InChI is InChI=1S/C15H11N3O4S/c1-9-13(10-5-3-2-4-6-10)23-15(16-9)17-14(19)11-7-8-12(22-11)18(20)21/h2-8H,1H3,(H,16,17,19). The van der Waals surface area contributed by atoms with Gasteiger partial charge in [0.05, 0.1) is 16.6 Å². The Morgan fingerprint density at radius 3 is 2.65 bits per heavy atom. The lowest BCUT2D eigenvalue weighted by atomic mass is 10.2. The molecule has 0 atom stereocenters. The van der Waals surface area contributed by atoms with Crippen LogP contribution in [-0.4, -0.2) is 15.8 Å². The van der Waals surface area contributed by atoms with Gasteiger partial charge in [-0.15, -0.1) is 0 Å². The predicted octanol–water partition coefficient (Wildman–Crippen LogP) is 3.87. The number of benzene rings is 1. The maximum Gasteiger partial charge on any atom is 0.433 e. The van der Waals surface area contributed by atoms with Crippen LogP contribution in [0.15, 0.2) is 46.9 Å². The third-order valence-corrected chi connectivity index (χ3v) is 4.17. The average molecular weight is 329 g/mol. The molecular formula is C15H11N3O4S. The third-order valence-electron chi connectivity index (χ3n) is 3.05. The zero-order valence-electron chi connectivity index (χ0n) is 12.0. The quantitative estimate of drug-likeness (QED) is 0.578. The number of nitrogens with one attached hydrogen (secondary N) is 1. The first-order valence-electron chi connectivity index (χ1n) is 6.63. The minimum absolute atomic E-state index is 0.134. The summed E-state index contributed by atoms with van der Waals surface area (Å²) in [6.45, 7) is 1.85. The molecule has 1 N–H and O–H groups in total. The fourth-order valence-corrected chi connectivity index (χ4v) is 2.98. The van der Waals surface area contributed by atoms with E-state index in [1.165, 1.54) is 17.4 Å². The summed E-state index contributed by atoms with van der Waals surface area (Å²) < 4.78 is 4.87. The Labute approximate surface area is 134 Å². The summed E-state index contributed by atoms with van der Waals surface area (Å²) in [5.41, 5.74) is 1.80. The number of aryl methyl sites for hydroxylation is 1. The van der Waals surface area contributed by atoms with Crippen LogP contribution in [0.5, 0.6) is 0 Å². The number of amides is 1. The summed E-state index contributed by atoms with van der Waals surface area (Å²) in [6, 6.07) is 12.1. The van der Waals surface area contributed by atoms with Crippen molar-refractivity contribution in [3.05, 3.63) is 64.0 Å². The van der Waals surface area contributed by atoms with Gasteiger partial charge >= 0.3 is 5.88 Å².